The first kappa shape index (κ1) is 15.0. The topological polar surface area (TPSA) is 46.2 Å². The van der Waals surface area contributed by atoms with Gasteiger partial charge in [0.05, 0.1) is 0 Å². The molecular weight excluding hydrogens is 267 g/mol. The first-order valence-corrected chi connectivity index (χ1v) is 6.74. The van der Waals surface area contributed by atoms with Gasteiger partial charge in [-0.2, -0.15) is 13.2 Å². The third-order valence-electron chi connectivity index (χ3n) is 2.32. The van der Waals surface area contributed by atoms with E-state index >= 15 is 0 Å². The molecule has 0 radical (unpaired) electrons. The zero-order chi connectivity index (χ0) is 14.0. The van der Waals surface area contributed by atoms with Gasteiger partial charge in [-0.05, 0) is 25.8 Å². The van der Waals surface area contributed by atoms with Gasteiger partial charge in [0.1, 0.15) is 0 Å². The molecule has 0 heterocycles. The van der Waals surface area contributed by atoms with E-state index in [9.17, 15) is 21.6 Å². The van der Waals surface area contributed by atoms with Gasteiger partial charge in [0, 0.05) is 6.04 Å². The Hall–Kier alpha value is -1.08. The van der Waals surface area contributed by atoms with Gasteiger partial charge in [-0.15, -0.1) is 0 Å². The molecule has 0 bridgehead atoms. The third-order valence-corrected chi connectivity index (χ3v) is 3.65. The summed E-state index contributed by atoms with van der Waals surface area (Å²) in [6, 6.07) is 6.33. The van der Waals surface area contributed by atoms with Crippen molar-refractivity contribution in [1.82, 2.24) is 4.72 Å². The maximum Gasteiger partial charge on any atom is 0.511 e. The van der Waals surface area contributed by atoms with Crippen LogP contribution in [-0.4, -0.2) is 20.0 Å². The molecule has 1 aromatic rings. The Morgan fingerprint density at radius 3 is 2.17 bits per heavy atom. The number of benzene rings is 1. The van der Waals surface area contributed by atoms with Crippen molar-refractivity contribution in [2.75, 3.05) is 0 Å². The molecule has 0 saturated heterocycles. The number of alkyl halides is 3. The van der Waals surface area contributed by atoms with E-state index in [0.717, 1.165) is 11.1 Å². The molecule has 3 nitrogen and oxygen atoms in total. The highest BCUT2D eigenvalue weighted by Gasteiger charge is 2.46. The number of rotatable bonds is 4. The SMILES string of the molecule is Cc1ccc(C[C@H](C)NS(=O)(=O)C(F)(F)F)cc1. The molecule has 18 heavy (non-hydrogen) atoms. The molecule has 102 valence electrons. The van der Waals surface area contributed by atoms with Crippen molar-refractivity contribution < 1.29 is 21.6 Å². The molecule has 1 rings (SSSR count). The van der Waals surface area contributed by atoms with Crippen LogP contribution in [0.1, 0.15) is 18.1 Å². The molecule has 0 aromatic heterocycles. The lowest BCUT2D eigenvalue weighted by molar-refractivity contribution is -0.0450. The molecule has 0 fully saturated rings. The van der Waals surface area contributed by atoms with E-state index in [1.807, 2.05) is 19.1 Å². The molecule has 7 heteroatoms. The molecule has 1 atom stereocenters. The first-order chi connectivity index (χ1) is 8.12. The van der Waals surface area contributed by atoms with Crippen LogP contribution in [0.15, 0.2) is 24.3 Å². The van der Waals surface area contributed by atoms with Crippen molar-refractivity contribution in [3.63, 3.8) is 0 Å². The van der Waals surface area contributed by atoms with E-state index in [-0.39, 0.29) is 6.42 Å². The number of halogens is 3. The van der Waals surface area contributed by atoms with Crippen LogP contribution in [0, 0.1) is 6.92 Å². The smallest absolute Gasteiger partial charge is 0.204 e. The van der Waals surface area contributed by atoms with Crippen LogP contribution >= 0.6 is 0 Å². The van der Waals surface area contributed by atoms with Gasteiger partial charge in [0.15, 0.2) is 0 Å². The van der Waals surface area contributed by atoms with E-state index in [2.05, 4.69) is 0 Å². The Labute approximate surface area is 104 Å². The van der Waals surface area contributed by atoms with Crippen molar-refractivity contribution in [2.24, 2.45) is 0 Å². The van der Waals surface area contributed by atoms with Crippen molar-refractivity contribution in [1.29, 1.82) is 0 Å². The highest BCUT2D eigenvalue weighted by Crippen LogP contribution is 2.22. The fraction of sp³-hybridized carbons (Fsp3) is 0.455. The van der Waals surface area contributed by atoms with Crippen LogP contribution in [0.3, 0.4) is 0 Å². The summed E-state index contributed by atoms with van der Waals surface area (Å²) in [7, 11) is -5.28. The summed E-state index contributed by atoms with van der Waals surface area (Å²) < 4.78 is 59.8. The monoisotopic (exact) mass is 281 g/mol. The molecule has 0 aliphatic rings. The quantitative estimate of drug-likeness (QED) is 0.921. The van der Waals surface area contributed by atoms with Crippen molar-refractivity contribution in [3.8, 4) is 0 Å². The lowest BCUT2D eigenvalue weighted by atomic mass is 10.1. The number of hydrogen-bond donors (Lipinski definition) is 1. The van der Waals surface area contributed by atoms with E-state index in [1.54, 1.807) is 16.9 Å². The lowest BCUT2D eigenvalue weighted by Crippen LogP contribution is -2.42. The van der Waals surface area contributed by atoms with Crippen molar-refractivity contribution >= 4 is 10.0 Å². The van der Waals surface area contributed by atoms with Crippen molar-refractivity contribution in [3.05, 3.63) is 35.4 Å². The molecular formula is C11H14F3NO2S. The average Bonchev–Trinajstić information content (AvgIpc) is 2.19. The highest BCUT2D eigenvalue weighted by molar-refractivity contribution is 7.90. The normalized spacial score (nSPS) is 14.5. The van der Waals surface area contributed by atoms with Gasteiger partial charge < -0.3 is 0 Å². The molecule has 0 amide bonds. The second kappa shape index (κ2) is 5.27. The Morgan fingerprint density at radius 2 is 1.72 bits per heavy atom. The molecule has 0 unspecified atom stereocenters. The summed E-state index contributed by atoms with van der Waals surface area (Å²) >= 11 is 0. The standard InChI is InChI=1S/C11H14F3NO2S/c1-8-3-5-10(6-4-8)7-9(2)15-18(16,17)11(12,13)14/h3-6,9,15H,7H2,1-2H3/t9-/m0/s1. The minimum atomic E-state index is -5.28. The van der Waals surface area contributed by atoms with Crippen molar-refractivity contribution in [2.45, 2.75) is 31.8 Å². The highest BCUT2D eigenvalue weighted by atomic mass is 32.2. The number of aryl methyl sites for hydroxylation is 1. The maximum atomic E-state index is 12.1. The number of hydrogen-bond acceptors (Lipinski definition) is 2. The zero-order valence-corrected chi connectivity index (χ0v) is 10.8. The summed E-state index contributed by atoms with van der Waals surface area (Å²) in [6.07, 6.45) is 0.204. The molecule has 0 aliphatic heterocycles. The molecule has 0 aliphatic carbocycles. The fourth-order valence-electron chi connectivity index (χ4n) is 1.45. The van der Waals surface area contributed by atoms with Crippen LogP contribution in [-0.2, 0) is 16.4 Å². The van der Waals surface area contributed by atoms with Gasteiger partial charge in [0.2, 0.25) is 0 Å². The lowest BCUT2D eigenvalue weighted by Gasteiger charge is -2.15. The van der Waals surface area contributed by atoms with E-state index in [1.165, 1.54) is 6.92 Å². The molecule has 0 saturated carbocycles. The summed E-state index contributed by atoms with van der Waals surface area (Å²) in [4.78, 5) is 0. The second-order valence-corrected chi connectivity index (χ2v) is 5.86. The summed E-state index contributed by atoms with van der Waals surface area (Å²) in [5.74, 6) is 0. The van der Waals surface area contributed by atoms with E-state index in [4.69, 9.17) is 0 Å². The van der Waals surface area contributed by atoms with Crippen LogP contribution < -0.4 is 4.72 Å². The van der Waals surface area contributed by atoms with Crippen LogP contribution in [0.5, 0.6) is 0 Å². The molecule has 1 N–H and O–H groups in total. The Balaban J connectivity index is 2.68. The predicted molar refractivity (Wildman–Crippen MR) is 62.5 cm³/mol. The first-order valence-electron chi connectivity index (χ1n) is 5.26. The van der Waals surface area contributed by atoms with Gasteiger partial charge in [-0.1, -0.05) is 29.8 Å². The largest absolute Gasteiger partial charge is 0.511 e. The van der Waals surface area contributed by atoms with E-state index < -0.39 is 21.6 Å². The van der Waals surface area contributed by atoms with Gasteiger partial charge in [-0.25, -0.2) is 13.1 Å². The van der Waals surface area contributed by atoms with Gasteiger partial charge in [-0.3, -0.25) is 0 Å². The Bertz CT molecular complexity index is 494. The summed E-state index contributed by atoms with van der Waals surface area (Å²) in [5.41, 5.74) is -3.46. The predicted octanol–water partition coefficient (Wildman–Crippen LogP) is 2.37. The number of sulfonamides is 1. The van der Waals surface area contributed by atoms with Crippen LogP contribution in [0.2, 0.25) is 0 Å². The molecule has 1 aromatic carbocycles. The van der Waals surface area contributed by atoms with Gasteiger partial charge >= 0.3 is 15.5 Å². The second-order valence-electron chi connectivity index (χ2n) is 4.16. The van der Waals surface area contributed by atoms with Crippen LogP contribution in [0.25, 0.3) is 0 Å². The van der Waals surface area contributed by atoms with Crippen LogP contribution in [0.4, 0.5) is 13.2 Å². The average molecular weight is 281 g/mol. The minimum Gasteiger partial charge on any atom is -0.204 e. The summed E-state index contributed by atoms with van der Waals surface area (Å²) in [5, 5.41) is 0. The summed E-state index contributed by atoms with van der Waals surface area (Å²) in [6.45, 7) is 3.28. The minimum absolute atomic E-state index is 0.204. The molecule has 0 spiro atoms. The Kier molecular flexibility index (Phi) is 4.39. The number of nitrogens with one attached hydrogen (secondary N) is 1. The fourth-order valence-corrected chi connectivity index (χ4v) is 2.20. The zero-order valence-electron chi connectivity index (χ0n) is 9.95. The van der Waals surface area contributed by atoms with E-state index in [0.29, 0.717) is 0 Å². The van der Waals surface area contributed by atoms with Gasteiger partial charge in [0.25, 0.3) is 0 Å². The Morgan fingerprint density at radius 1 is 1.22 bits per heavy atom. The third kappa shape index (κ3) is 3.99. The maximum absolute atomic E-state index is 12.1.